The van der Waals surface area contributed by atoms with Crippen molar-refractivity contribution in [1.29, 1.82) is 0 Å². The number of aryl methyl sites for hydroxylation is 1. The number of thiophene rings is 1. The maximum absolute atomic E-state index is 13.0. The van der Waals surface area contributed by atoms with Crippen molar-refractivity contribution in [2.75, 3.05) is 7.05 Å². The van der Waals surface area contributed by atoms with Crippen molar-refractivity contribution in [2.45, 2.75) is 70.9 Å². The summed E-state index contributed by atoms with van der Waals surface area (Å²) < 4.78 is 1.51. The lowest BCUT2D eigenvalue weighted by Gasteiger charge is -2.31. The number of nitrogens with zero attached hydrogens (tertiary/aromatic N) is 3. The number of fused-ring (bicyclic) bond motifs is 3. The maximum Gasteiger partial charge on any atom is 0.262 e. The highest BCUT2D eigenvalue weighted by Crippen LogP contribution is 2.35. The molecule has 2 heterocycles. The molecule has 0 radical (unpaired) electrons. The van der Waals surface area contributed by atoms with E-state index in [0.717, 1.165) is 42.3 Å². The molecule has 5 nitrogen and oxygen atoms in total. The van der Waals surface area contributed by atoms with Crippen LogP contribution in [0, 0.1) is 5.92 Å². The quantitative estimate of drug-likeness (QED) is 0.829. The van der Waals surface area contributed by atoms with Gasteiger partial charge in [-0.3, -0.25) is 14.2 Å². The number of rotatable bonds is 3. The van der Waals surface area contributed by atoms with E-state index in [1.54, 1.807) is 17.7 Å². The summed E-state index contributed by atoms with van der Waals surface area (Å²) in [6.07, 6.45) is 10.5. The molecule has 4 rings (SSSR count). The van der Waals surface area contributed by atoms with Gasteiger partial charge in [-0.1, -0.05) is 26.2 Å². The van der Waals surface area contributed by atoms with Gasteiger partial charge in [0.25, 0.3) is 5.56 Å². The van der Waals surface area contributed by atoms with Gasteiger partial charge in [-0.05, 0) is 43.6 Å². The third-order valence-electron chi connectivity index (χ3n) is 6.10. The van der Waals surface area contributed by atoms with E-state index in [2.05, 4.69) is 11.9 Å². The smallest absolute Gasteiger partial charge is 0.262 e. The molecule has 0 aliphatic heterocycles. The Hall–Kier alpha value is -1.69. The van der Waals surface area contributed by atoms with Gasteiger partial charge >= 0.3 is 0 Å². The average molecular weight is 374 g/mol. The van der Waals surface area contributed by atoms with E-state index >= 15 is 0 Å². The molecule has 2 aromatic heterocycles. The molecule has 0 unspecified atom stereocenters. The molecule has 2 aliphatic carbocycles. The molecular formula is C20H27N3O2S. The third kappa shape index (κ3) is 3.20. The second kappa shape index (κ2) is 7.14. The fourth-order valence-electron chi connectivity index (χ4n) is 4.41. The molecule has 6 heteroatoms. The summed E-state index contributed by atoms with van der Waals surface area (Å²) in [5.74, 6) is 0.682. The van der Waals surface area contributed by atoms with Gasteiger partial charge in [-0.15, -0.1) is 11.3 Å². The first kappa shape index (κ1) is 17.7. The summed E-state index contributed by atoms with van der Waals surface area (Å²) in [4.78, 5) is 34.2. The minimum absolute atomic E-state index is 0.0119. The summed E-state index contributed by atoms with van der Waals surface area (Å²) in [6.45, 7) is 2.36. The van der Waals surface area contributed by atoms with Crippen molar-refractivity contribution in [3.63, 3.8) is 0 Å². The zero-order valence-electron chi connectivity index (χ0n) is 15.7. The van der Waals surface area contributed by atoms with Gasteiger partial charge in [0.1, 0.15) is 11.4 Å². The lowest BCUT2D eigenvalue weighted by atomic mass is 9.89. The molecule has 2 aliphatic rings. The molecule has 1 amide bonds. The van der Waals surface area contributed by atoms with Gasteiger partial charge in [0.05, 0.1) is 11.7 Å². The summed E-state index contributed by atoms with van der Waals surface area (Å²) in [5, 5.41) is 0.757. The monoisotopic (exact) mass is 373 g/mol. The van der Waals surface area contributed by atoms with E-state index in [1.807, 2.05) is 11.9 Å². The van der Waals surface area contributed by atoms with E-state index in [-0.39, 0.29) is 18.0 Å². The van der Waals surface area contributed by atoms with Crippen molar-refractivity contribution in [3.05, 3.63) is 27.1 Å². The van der Waals surface area contributed by atoms with Crippen molar-refractivity contribution < 1.29 is 4.79 Å². The van der Waals surface area contributed by atoms with Crippen LogP contribution in [0.25, 0.3) is 10.2 Å². The molecule has 140 valence electrons. The molecule has 0 saturated heterocycles. The molecule has 0 bridgehead atoms. The van der Waals surface area contributed by atoms with Crippen LogP contribution in [0.15, 0.2) is 11.1 Å². The fourth-order valence-corrected chi connectivity index (χ4v) is 5.75. The molecule has 0 N–H and O–H groups in total. The molecular weight excluding hydrogens is 346 g/mol. The van der Waals surface area contributed by atoms with Crippen LogP contribution in [0.4, 0.5) is 0 Å². The van der Waals surface area contributed by atoms with Gasteiger partial charge in [0.15, 0.2) is 0 Å². The first-order chi connectivity index (χ1) is 12.5. The minimum Gasteiger partial charge on any atom is -0.341 e. The highest BCUT2D eigenvalue weighted by Gasteiger charge is 2.25. The SMILES string of the molecule is C[C@@H]1CCc2c(sc3ncn(CC(=O)N(C)C4CCCCC4)c(=O)c23)C1. The van der Waals surface area contributed by atoms with E-state index in [0.29, 0.717) is 12.0 Å². The van der Waals surface area contributed by atoms with Gasteiger partial charge in [-0.2, -0.15) is 0 Å². The summed E-state index contributed by atoms with van der Waals surface area (Å²) in [5.41, 5.74) is 1.13. The standard InChI is InChI=1S/C20H27N3O2S/c1-13-8-9-15-16(10-13)26-19-18(15)20(25)23(12-21-19)11-17(24)22(2)14-6-4-3-5-7-14/h12-14H,3-11H2,1-2H3/t13-/m1/s1. The first-order valence-electron chi connectivity index (χ1n) is 9.80. The predicted octanol–water partition coefficient (Wildman–Crippen LogP) is 3.37. The van der Waals surface area contributed by atoms with E-state index in [1.165, 1.54) is 34.3 Å². The number of likely N-dealkylation sites (N-methyl/N-ethyl adjacent to an activating group) is 1. The Kier molecular flexibility index (Phi) is 4.86. The molecule has 1 atom stereocenters. The third-order valence-corrected chi connectivity index (χ3v) is 7.27. The Labute approximate surface area is 158 Å². The summed E-state index contributed by atoms with van der Waals surface area (Å²) >= 11 is 1.65. The van der Waals surface area contributed by atoms with Crippen LogP contribution in [-0.2, 0) is 24.2 Å². The number of amides is 1. The van der Waals surface area contributed by atoms with Crippen LogP contribution in [-0.4, -0.2) is 33.4 Å². The van der Waals surface area contributed by atoms with Crippen LogP contribution in [0.2, 0.25) is 0 Å². The molecule has 1 fully saturated rings. The lowest BCUT2D eigenvalue weighted by Crippen LogP contribution is -2.41. The highest BCUT2D eigenvalue weighted by molar-refractivity contribution is 7.18. The Morgan fingerprint density at radius 1 is 1.31 bits per heavy atom. The summed E-state index contributed by atoms with van der Waals surface area (Å²) in [6, 6.07) is 0.319. The van der Waals surface area contributed by atoms with Crippen molar-refractivity contribution in [1.82, 2.24) is 14.5 Å². The molecule has 26 heavy (non-hydrogen) atoms. The Morgan fingerprint density at radius 3 is 2.85 bits per heavy atom. The van der Waals surface area contributed by atoms with Crippen molar-refractivity contribution in [2.24, 2.45) is 5.92 Å². The highest BCUT2D eigenvalue weighted by atomic mass is 32.1. The van der Waals surface area contributed by atoms with Crippen LogP contribution >= 0.6 is 11.3 Å². The predicted molar refractivity (Wildman–Crippen MR) is 105 cm³/mol. The van der Waals surface area contributed by atoms with E-state index < -0.39 is 0 Å². The Bertz CT molecular complexity index is 879. The molecule has 1 saturated carbocycles. The minimum atomic E-state index is -0.0487. The van der Waals surface area contributed by atoms with Crippen LogP contribution in [0.3, 0.4) is 0 Å². The average Bonchev–Trinajstić information content (AvgIpc) is 3.02. The summed E-state index contributed by atoms with van der Waals surface area (Å²) in [7, 11) is 1.88. The first-order valence-corrected chi connectivity index (χ1v) is 10.6. The number of carbonyl (C=O) groups excluding carboxylic acids is 1. The van der Waals surface area contributed by atoms with Crippen LogP contribution < -0.4 is 5.56 Å². The van der Waals surface area contributed by atoms with E-state index in [9.17, 15) is 9.59 Å². The number of hydrogen-bond donors (Lipinski definition) is 0. The topological polar surface area (TPSA) is 55.2 Å². The normalized spacial score (nSPS) is 20.9. The van der Waals surface area contributed by atoms with Crippen molar-refractivity contribution >= 4 is 27.5 Å². The lowest BCUT2D eigenvalue weighted by molar-refractivity contribution is -0.133. The largest absolute Gasteiger partial charge is 0.341 e. The Morgan fingerprint density at radius 2 is 2.08 bits per heavy atom. The van der Waals surface area contributed by atoms with E-state index in [4.69, 9.17) is 0 Å². The van der Waals surface area contributed by atoms with Crippen LogP contribution in [0.1, 0.15) is 55.9 Å². The van der Waals surface area contributed by atoms with Gasteiger partial charge in [0.2, 0.25) is 5.91 Å². The van der Waals surface area contributed by atoms with Gasteiger partial charge < -0.3 is 4.90 Å². The fraction of sp³-hybridized carbons (Fsp3) is 0.650. The number of carbonyl (C=O) groups is 1. The molecule has 0 spiro atoms. The second-order valence-electron chi connectivity index (χ2n) is 8.01. The van der Waals surface area contributed by atoms with Crippen molar-refractivity contribution in [3.8, 4) is 0 Å². The maximum atomic E-state index is 13.0. The van der Waals surface area contributed by atoms with Gasteiger partial charge in [0, 0.05) is 18.0 Å². The molecule has 2 aromatic rings. The zero-order chi connectivity index (χ0) is 18.3. The number of aromatic nitrogens is 2. The second-order valence-corrected chi connectivity index (χ2v) is 9.09. The number of hydrogen-bond acceptors (Lipinski definition) is 4. The Balaban J connectivity index is 1.60. The zero-order valence-corrected chi connectivity index (χ0v) is 16.5. The van der Waals surface area contributed by atoms with Gasteiger partial charge in [-0.25, -0.2) is 4.98 Å². The molecule has 0 aromatic carbocycles. The van der Waals surface area contributed by atoms with Crippen LogP contribution in [0.5, 0.6) is 0 Å².